The van der Waals surface area contributed by atoms with Crippen LogP contribution in [-0.2, 0) is 0 Å². The van der Waals surface area contributed by atoms with Gasteiger partial charge in [0.1, 0.15) is 21.0 Å². The first-order valence-corrected chi connectivity index (χ1v) is 12.0. The highest BCUT2D eigenvalue weighted by molar-refractivity contribution is 7.21. The van der Waals surface area contributed by atoms with E-state index in [-0.39, 0.29) is 17.6 Å². The number of nitrogens with zero attached hydrogens (tertiary/aromatic N) is 3. The quantitative estimate of drug-likeness (QED) is 0.595. The van der Waals surface area contributed by atoms with Crippen LogP contribution in [0.5, 0.6) is 0 Å². The summed E-state index contributed by atoms with van der Waals surface area (Å²) in [6.07, 6.45) is 5.48. The molecule has 2 aliphatic rings. The minimum absolute atomic E-state index is 0.0332. The van der Waals surface area contributed by atoms with E-state index in [1.165, 1.54) is 30.6 Å². The molecule has 1 aromatic carbocycles. The van der Waals surface area contributed by atoms with E-state index in [0.717, 1.165) is 24.3 Å². The van der Waals surface area contributed by atoms with E-state index in [4.69, 9.17) is 5.73 Å². The second-order valence-corrected chi connectivity index (χ2v) is 10.3. The predicted molar refractivity (Wildman–Crippen MR) is 127 cm³/mol. The first kappa shape index (κ1) is 21.1. The number of hydrogen-bond acceptors (Lipinski definition) is 6. The summed E-state index contributed by atoms with van der Waals surface area (Å²) in [5.74, 6) is 0.949. The number of nitrogens with one attached hydrogen (secondary N) is 1. The van der Waals surface area contributed by atoms with Crippen molar-refractivity contribution >= 4 is 39.0 Å². The van der Waals surface area contributed by atoms with Crippen molar-refractivity contribution in [2.45, 2.75) is 39.0 Å². The zero-order valence-electron chi connectivity index (χ0n) is 18.4. The van der Waals surface area contributed by atoms with Crippen molar-refractivity contribution in [3.63, 3.8) is 0 Å². The van der Waals surface area contributed by atoms with E-state index >= 15 is 0 Å². The van der Waals surface area contributed by atoms with Gasteiger partial charge in [0.05, 0.1) is 17.1 Å². The van der Waals surface area contributed by atoms with Crippen LogP contribution in [0.25, 0.3) is 10.3 Å². The molecule has 2 bridgehead atoms. The Morgan fingerprint density at radius 2 is 2.09 bits per heavy atom. The Kier molecular flexibility index (Phi) is 5.49. The van der Waals surface area contributed by atoms with Gasteiger partial charge in [-0.25, -0.2) is 14.4 Å². The maximum absolute atomic E-state index is 15.0. The van der Waals surface area contributed by atoms with Gasteiger partial charge in [-0.3, -0.25) is 4.79 Å². The van der Waals surface area contributed by atoms with Crippen LogP contribution in [-0.4, -0.2) is 35.5 Å². The fourth-order valence-corrected chi connectivity index (χ4v) is 6.09. The average Bonchev–Trinajstić information content (AvgIpc) is 3.29. The van der Waals surface area contributed by atoms with Crippen LogP contribution in [0.4, 0.5) is 15.8 Å². The molecule has 2 aromatic heterocycles. The number of carbonyl (C=O) groups is 1. The monoisotopic (exact) mass is 453 g/mol. The Labute approximate surface area is 191 Å². The summed E-state index contributed by atoms with van der Waals surface area (Å²) >= 11 is 1.24. The van der Waals surface area contributed by atoms with Crippen LogP contribution in [0.3, 0.4) is 0 Å². The maximum Gasteiger partial charge on any atom is 0.263 e. The number of piperidine rings is 1. The Hall–Kier alpha value is -2.74. The Bertz CT molecular complexity index is 1170. The van der Waals surface area contributed by atoms with Crippen molar-refractivity contribution in [3.05, 3.63) is 46.3 Å². The topological polar surface area (TPSA) is 84.1 Å². The average molecular weight is 454 g/mol. The third-order valence-corrected chi connectivity index (χ3v) is 7.91. The smallest absolute Gasteiger partial charge is 0.263 e. The number of fused-ring (bicyclic) bond motifs is 3. The van der Waals surface area contributed by atoms with Crippen molar-refractivity contribution in [1.29, 1.82) is 0 Å². The van der Waals surface area contributed by atoms with Gasteiger partial charge < -0.3 is 16.0 Å². The van der Waals surface area contributed by atoms with Gasteiger partial charge in [-0.05, 0) is 61.6 Å². The summed E-state index contributed by atoms with van der Waals surface area (Å²) in [6.45, 7) is 6.13. The molecule has 1 amide bonds. The standard InChI is InChI=1S/C24H28FN5OS/c1-13(9-28-23(31)22-20(26)21-24(32-22)29-14(2)10-27-21)17-5-6-19(18(25)8-17)30-11-15-3-4-16(7-15)12-30/h5-6,8,10,13,15-16H,3-4,7,9,11-12,26H2,1-2H3,(H,28,31). The number of aryl methyl sites for hydroxylation is 1. The molecule has 3 heterocycles. The first-order chi connectivity index (χ1) is 15.4. The van der Waals surface area contributed by atoms with Crippen LogP contribution in [0.2, 0.25) is 0 Å². The van der Waals surface area contributed by atoms with Crippen molar-refractivity contribution in [3.8, 4) is 0 Å². The van der Waals surface area contributed by atoms with E-state index in [2.05, 4.69) is 20.2 Å². The summed E-state index contributed by atoms with van der Waals surface area (Å²) in [5, 5.41) is 2.93. The molecule has 8 heteroatoms. The number of amides is 1. The number of hydrogen-bond donors (Lipinski definition) is 2. The van der Waals surface area contributed by atoms with E-state index in [1.54, 1.807) is 12.3 Å². The third kappa shape index (κ3) is 3.92. The molecule has 1 aliphatic carbocycles. The molecule has 3 aromatic rings. The summed E-state index contributed by atoms with van der Waals surface area (Å²) < 4.78 is 15.0. The van der Waals surface area contributed by atoms with Gasteiger partial charge in [0.25, 0.3) is 5.91 Å². The maximum atomic E-state index is 15.0. The SMILES string of the molecule is Cc1cnc2c(N)c(C(=O)NCC(C)c3ccc(N4CC5CCC(C5)C4)c(F)c3)sc2n1. The lowest BCUT2D eigenvalue weighted by molar-refractivity contribution is 0.0956. The zero-order chi connectivity index (χ0) is 22.4. The van der Waals surface area contributed by atoms with E-state index in [9.17, 15) is 9.18 Å². The molecule has 0 radical (unpaired) electrons. The molecular weight excluding hydrogens is 425 g/mol. The number of halogens is 1. The summed E-state index contributed by atoms with van der Waals surface area (Å²) in [7, 11) is 0. The number of rotatable bonds is 5. The predicted octanol–water partition coefficient (Wildman–Crippen LogP) is 4.49. The molecule has 2 fully saturated rings. The molecule has 6 nitrogen and oxygen atoms in total. The highest BCUT2D eigenvalue weighted by atomic mass is 32.1. The molecular formula is C24H28FN5OS. The molecule has 32 heavy (non-hydrogen) atoms. The van der Waals surface area contributed by atoms with E-state index in [0.29, 0.717) is 45.0 Å². The number of aromatic nitrogens is 2. The van der Waals surface area contributed by atoms with Gasteiger partial charge in [0.15, 0.2) is 0 Å². The van der Waals surface area contributed by atoms with Crippen LogP contribution in [0, 0.1) is 24.6 Å². The molecule has 168 valence electrons. The third-order valence-electron chi connectivity index (χ3n) is 6.82. The van der Waals surface area contributed by atoms with Gasteiger partial charge in [-0.2, -0.15) is 0 Å². The van der Waals surface area contributed by atoms with Crippen LogP contribution in [0.15, 0.2) is 24.4 Å². The number of nitrogen functional groups attached to an aromatic ring is 1. The Morgan fingerprint density at radius 3 is 2.81 bits per heavy atom. The summed E-state index contributed by atoms with van der Waals surface area (Å²) in [6, 6.07) is 5.50. The van der Waals surface area contributed by atoms with Crippen molar-refractivity contribution < 1.29 is 9.18 Å². The first-order valence-electron chi connectivity index (χ1n) is 11.2. The highest BCUT2D eigenvalue weighted by Crippen LogP contribution is 2.39. The number of thiophene rings is 1. The van der Waals surface area contributed by atoms with Crippen LogP contribution in [0.1, 0.15) is 53.0 Å². The molecule has 0 spiro atoms. The fraction of sp³-hybridized carbons (Fsp3) is 0.458. The molecule has 1 saturated carbocycles. The van der Waals surface area contributed by atoms with Gasteiger partial charge >= 0.3 is 0 Å². The van der Waals surface area contributed by atoms with Crippen molar-refractivity contribution in [2.24, 2.45) is 11.8 Å². The Balaban J connectivity index is 1.25. The van der Waals surface area contributed by atoms with Crippen molar-refractivity contribution in [1.82, 2.24) is 15.3 Å². The minimum atomic E-state index is -0.252. The van der Waals surface area contributed by atoms with Gasteiger partial charge in [-0.1, -0.05) is 13.0 Å². The molecule has 1 aliphatic heterocycles. The lowest BCUT2D eigenvalue weighted by Gasteiger charge is -2.34. The normalized spacial score (nSPS) is 21.2. The molecule has 5 rings (SSSR count). The summed E-state index contributed by atoms with van der Waals surface area (Å²) in [4.78, 5) is 24.7. The highest BCUT2D eigenvalue weighted by Gasteiger charge is 2.33. The number of anilines is 2. The minimum Gasteiger partial charge on any atom is -0.396 e. The summed E-state index contributed by atoms with van der Waals surface area (Å²) in [5.41, 5.74) is 9.40. The largest absolute Gasteiger partial charge is 0.396 e. The number of nitrogens with two attached hydrogens (primary N) is 1. The molecule has 3 atom stereocenters. The van der Waals surface area contributed by atoms with Gasteiger partial charge in [0, 0.05) is 25.8 Å². The lowest BCUT2D eigenvalue weighted by atomic mass is 9.96. The van der Waals surface area contributed by atoms with E-state index < -0.39 is 0 Å². The molecule has 3 unspecified atom stereocenters. The Morgan fingerprint density at radius 1 is 1.34 bits per heavy atom. The molecule has 1 saturated heterocycles. The van der Waals surface area contributed by atoms with Gasteiger partial charge in [-0.15, -0.1) is 11.3 Å². The zero-order valence-corrected chi connectivity index (χ0v) is 19.2. The lowest BCUT2D eigenvalue weighted by Crippen LogP contribution is -2.36. The fourth-order valence-electron chi connectivity index (χ4n) is 5.07. The van der Waals surface area contributed by atoms with Crippen LogP contribution >= 0.6 is 11.3 Å². The number of benzene rings is 1. The van der Waals surface area contributed by atoms with Crippen molar-refractivity contribution in [2.75, 3.05) is 30.3 Å². The van der Waals surface area contributed by atoms with Crippen LogP contribution < -0.4 is 16.0 Å². The van der Waals surface area contributed by atoms with E-state index in [1.807, 2.05) is 26.0 Å². The molecule has 3 N–H and O–H groups in total. The number of carbonyl (C=O) groups excluding carboxylic acids is 1. The second kappa shape index (κ2) is 8.31. The second-order valence-electron chi connectivity index (χ2n) is 9.28. The van der Waals surface area contributed by atoms with Gasteiger partial charge in [0.2, 0.25) is 0 Å².